The Bertz CT molecular complexity index is 554. The normalized spacial score (nSPS) is 13.1. The Hall–Kier alpha value is -1.40. The molecule has 0 saturated carbocycles. The lowest BCUT2D eigenvalue weighted by atomic mass is 10.2. The molecule has 19 heavy (non-hydrogen) atoms. The second-order valence-corrected chi connectivity index (χ2v) is 6.59. The van der Waals surface area contributed by atoms with Gasteiger partial charge in [0.2, 0.25) is 0 Å². The van der Waals surface area contributed by atoms with Crippen LogP contribution in [0.25, 0.3) is 0 Å². The third-order valence-corrected chi connectivity index (χ3v) is 4.86. The molecule has 1 N–H and O–H groups in total. The van der Waals surface area contributed by atoms with E-state index in [1.807, 2.05) is 0 Å². The Kier molecular flexibility index (Phi) is 5.08. The van der Waals surface area contributed by atoms with Crippen LogP contribution in [0.15, 0.2) is 29.2 Å². The topological polar surface area (TPSA) is 74.7 Å². The Morgan fingerprint density at radius 2 is 1.95 bits per heavy atom. The Morgan fingerprint density at radius 1 is 1.37 bits per heavy atom. The van der Waals surface area contributed by atoms with Crippen LogP contribution in [0.3, 0.4) is 0 Å². The lowest BCUT2D eigenvalue weighted by molar-refractivity contribution is 0.0678. The third kappa shape index (κ3) is 3.33. The van der Waals surface area contributed by atoms with Crippen molar-refractivity contribution in [1.29, 1.82) is 0 Å². The van der Waals surface area contributed by atoms with E-state index in [2.05, 4.69) is 0 Å². The molecule has 0 spiro atoms. The number of carbonyl (C=O) groups is 1. The molecule has 1 rings (SSSR count). The van der Waals surface area contributed by atoms with Crippen molar-refractivity contribution in [3.05, 3.63) is 29.8 Å². The second kappa shape index (κ2) is 6.16. The summed E-state index contributed by atoms with van der Waals surface area (Å²) in [5.74, 6) is -0.467. The molecular weight excluding hydrogens is 266 g/mol. The van der Waals surface area contributed by atoms with Gasteiger partial charge >= 0.3 is 0 Å². The summed E-state index contributed by atoms with van der Waals surface area (Å²) in [6, 6.07) is 5.77. The van der Waals surface area contributed by atoms with Crippen molar-refractivity contribution in [3.8, 4) is 0 Å². The fraction of sp³-hybridized carbons (Fsp3) is 0.462. The first-order valence-corrected chi connectivity index (χ1v) is 7.70. The summed E-state index contributed by atoms with van der Waals surface area (Å²) in [6.07, 6.45) is 0. The highest BCUT2D eigenvalue weighted by molar-refractivity contribution is 7.91. The second-order valence-electron chi connectivity index (χ2n) is 4.35. The summed E-state index contributed by atoms with van der Waals surface area (Å²) in [6.45, 7) is 3.05. The van der Waals surface area contributed by atoms with Crippen molar-refractivity contribution in [2.75, 3.05) is 19.4 Å². The van der Waals surface area contributed by atoms with Gasteiger partial charge in [0.05, 0.1) is 28.9 Å². The molecule has 1 atom stereocenters. The summed E-state index contributed by atoms with van der Waals surface area (Å²) in [5.41, 5.74) is 0.146. The fourth-order valence-electron chi connectivity index (χ4n) is 1.58. The van der Waals surface area contributed by atoms with Gasteiger partial charge in [-0.2, -0.15) is 0 Å². The SMILES string of the molecule is CCS(=O)(=O)c1ccccc1C(=O)N(C)C(C)CO. The minimum Gasteiger partial charge on any atom is -0.394 e. The van der Waals surface area contributed by atoms with E-state index < -0.39 is 15.7 Å². The Balaban J connectivity index is 3.26. The standard InChI is InChI=1S/C13H19NO4S/c1-4-19(17,18)12-8-6-5-7-11(12)13(16)14(3)10(2)9-15/h5-8,10,15H,4,9H2,1-3H3. The highest BCUT2D eigenvalue weighted by Crippen LogP contribution is 2.19. The molecule has 0 aliphatic carbocycles. The molecule has 6 heteroatoms. The summed E-state index contributed by atoms with van der Waals surface area (Å²) in [5, 5.41) is 9.06. The lowest BCUT2D eigenvalue weighted by Gasteiger charge is -2.24. The van der Waals surface area contributed by atoms with Gasteiger partial charge < -0.3 is 10.0 Å². The molecule has 5 nitrogen and oxygen atoms in total. The van der Waals surface area contributed by atoms with E-state index in [9.17, 15) is 13.2 Å². The molecule has 0 fully saturated rings. The summed E-state index contributed by atoms with van der Waals surface area (Å²) >= 11 is 0. The van der Waals surface area contributed by atoms with Crippen LogP contribution in [0.5, 0.6) is 0 Å². The van der Waals surface area contributed by atoms with Crippen molar-refractivity contribution in [1.82, 2.24) is 4.90 Å². The molecular formula is C13H19NO4S. The Labute approximate surface area is 113 Å². The van der Waals surface area contributed by atoms with Crippen molar-refractivity contribution in [3.63, 3.8) is 0 Å². The molecule has 1 aromatic carbocycles. The molecule has 0 bridgehead atoms. The van der Waals surface area contributed by atoms with E-state index in [1.165, 1.54) is 24.0 Å². The molecule has 0 aromatic heterocycles. The van der Waals surface area contributed by atoms with Crippen molar-refractivity contribution in [2.24, 2.45) is 0 Å². The van der Waals surface area contributed by atoms with Gasteiger partial charge in [0.15, 0.2) is 9.84 Å². The fourth-order valence-corrected chi connectivity index (χ4v) is 2.67. The van der Waals surface area contributed by atoms with Gasteiger partial charge in [-0.05, 0) is 19.1 Å². The number of benzene rings is 1. The third-order valence-electron chi connectivity index (χ3n) is 3.08. The van der Waals surface area contributed by atoms with E-state index in [1.54, 1.807) is 26.1 Å². The first-order chi connectivity index (χ1) is 8.85. The maximum Gasteiger partial charge on any atom is 0.255 e. The number of nitrogens with zero attached hydrogens (tertiary/aromatic N) is 1. The van der Waals surface area contributed by atoms with Gasteiger partial charge in [-0.25, -0.2) is 8.42 Å². The van der Waals surface area contributed by atoms with Gasteiger partial charge in [0.1, 0.15) is 0 Å². The molecule has 1 aromatic rings. The quantitative estimate of drug-likeness (QED) is 0.873. The van der Waals surface area contributed by atoms with Crippen LogP contribution in [0, 0.1) is 0 Å². The van der Waals surface area contributed by atoms with Crippen LogP contribution >= 0.6 is 0 Å². The molecule has 1 amide bonds. The van der Waals surface area contributed by atoms with Crippen molar-refractivity contribution in [2.45, 2.75) is 24.8 Å². The van der Waals surface area contributed by atoms with Crippen LogP contribution in [-0.2, 0) is 9.84 Å². The highest BCUT2D eigenvalue weighted by atomic mass is 32.2. The maximum atomic E-state index is 12.3. The summed E-state index contributed by atoms with van der Waals surface area (Å²) < 4.78 is 23.9. The number of hydrogen-bond donors (Lipinski definition) is 1. The van der Waals surface area contributed by atoms with Gasteiger partial charge in [0, 0.05) is 7.05 Å². The summed E-state index contributed by atoms with van der Waals surface area (Å²) in [7, 11) is -1.91. The molecule has 106 valence electrons. The largest absolute Gasteiger partial charge is 0.394 e. The average Bonchev–Trinajstić information content (AvgIpc) is 2.44. The predicted octanol–water partition coefficient (Wildman–Crippen LogP) is 0.933. The van der Waals surface area contributed by atoms with Crippen LogP contribution in [0.4, 0.5) is 0 Å². The molecule has 1 unspecified atom stereocenters. The lowest BCUT2D eigenvalue weighted by Crippen LogP contribution is -2.38. The number of hydrogen-bond acceptors (Lipinski definition) is 4. The number of amides is 1. The summed E-state index contributed by atoms with van der Waals surface area (Å²) in [4.78, 5) is 13.7. The number of sulfone groups is 1. The maximum absolute atomic E-state index is 12.3. The van der Waals surface area contributed by atoms with Crippen LogP contribution in [-0.4, -0.2) is 49.8 Å². The van der Waals surface area contributed by atoms with Gasteiger partial charge in [0.25, 0.3) is 5.91 Å². The molecule has 0 saturated heterocycles. The van der Waals surface area contributed by atoms with Crippen LogP contribution in [0.2, 0.25) is 0 Å². The van der Waals surface area contributed by atoms with Gasteiger partial charge in [-0.1, -0.05) is 19.1 Å². The molecule has 0 aliphatic rings. The van der Waals surface area contributed by atoms with Crippen LogP contribution in [0.1, 0.15) is 24.2 Å². The predicted molar refractivity (Wildman–Crippen MR) is 72.8 cm³/mol. The Morgan fingerprint density at radius 3 is 2.47 bits per heavy atom. The number of likely N-dealkylation sites (N-methyl/N-ethyl adjacent to an activating group) is 1. The smallest absolute Gasteiger partial charge is 0.255 e. The average molecular weight is 285 g/mol. The molecule has 0 heterocycles. The van der Waals surface area contributed by atoms with E-state index in [4.69, 9.17) is 5.11 Å². The number of aliphatic hydroxyl groups excluding tert-OH is 1. The molecule has 0 radical (unpaired) electrons. The van der Waals surface area contributed by atoms with Crippen molar-refractivity contribution >= 4 is 15.7 Å². The number of rotatable bonds is 5. The van der Waals surface area contributed by atoms with Gasteiger partial charge in [-0.3, -0.25) is 4.79 Å². The van der Waals surface area contributed by atoms with E-state index >= 15 is 0 Å². The first-order valence-electron chi connectivity index (χ1n) is 6.05. The van der Waals surface area contributed by atoms with Crippen LogP contribution < -0.4 is 0 Å². The zero-order chi connectivity index (χ0) is 14.6. The molecule has 0 aliphatic heterocycles. The van der Waals surface area contributed by atoms with Gasteiger partial charge in [-0.15, -0.1) is 0 Å². The van der Waals surface area contributed by atoms with E-state index in [0.29, 0.717) is 0 Å². The highest BCUT2D eigenvalue weighted by Gasteiger charge is 2.24. The number of carbonyl (C=O) groups excluding carboxylic acids is 1. The zero-order valence-corrected chi connectivity index (χ0v) is 12.1. The number of aliphatic hydroxyl groups is 1. The monoisotopic (exact) mass is 285 g/mol. The minimum atomic E-state index is -3.45. The van der Waals surface area contributed by atoms with E-state index in [-0.39, 0.29) is 28.9 Å². The zero-order valence-electron chi connectivity index (χ0n) is 11.3. The van der Waals surface area contributed by atoms with E-state index in [0.717, 1.165) is 0 Å². The van der Waals surface area contributed by atoms with Crippen molar-refractivity contribution < 1.29 is 18.3 Å². The first kappa shape index (κ1) is 15.7. The minimum absolute atomic E-state index is 0.0412.